The highest BCUT2D eigenvalue weighted by Crippen LogP contribution is 2.45. The third-order valence-electron chi connectivity index (χ3n) is 3.78. The van der Waals surface area contributed by atoms with E-state index in [1.54, 1.807) is 0 Å². The number of benzene rings is 2. The third-order valence-corrected chi connectivity index (χ3v) is 3.78. The van der Waals surface area contributed by atoms with E-state index in [1.165, 1.54) is 0 Å². The molecule has 0 atom stereocenters. The second-order valence-corrected chi connectivity index (χ2v) is 5.90. The van der Waals surface area contributed by atoms with Crippen LogP contribution in [0.1, 0.15) is 30.5 Å². The fourth-order valence-electron chi connectivity index (χ4n) is 2.65. The van der Waals surface area contributed by atoms with E-state index in [4.69, 9.17) is 11.3 Å². The number of nitrogens with zero attached hydrogens (tertiary/aromatic N) is 2. The van der Waals surface area contributed by atoms with Crippen LogP contribution in [0.3, 0.4) is 0 Å². The quantitative estimate of drug-likeness (QED) is 0.452. The first-order valence-electron chi connectivity index (χ1n) is 7.75. The third kappa shape index (κ3) is 2.81. The molecule has 0 unspecified atom stereocenters. The van der Waals surface area contributed by atoms with Crippen LogP contribution in [0.4, 0.5) is 0 Å². The molecule has 1 aliphatic heterocycles. The Morgan fingerprint density at radius 2 is 1.92 bits per heavy atom. The summed E-state index contributed by atoms with van der Waals surface area (Å²) in [6, 6.07) is 15.4. The molecule has 24 heavy (non-hydrogen) atoms. The first-order chi connectivity index (χ1) is 11.6. The molecule has 0 amide bonds. The van der Waals surface area contributed by atoms with Gasteiger partial charge in [0.25, 0.3) is 5.70 Å². The zero-order valence-electron chi connectivity index (χ0n) is 13.6. The smallest absolute Gasteiger partial charge is 0.270 e. The lowest BCUT2D eigenvalue weighted by atomic mass is 9.91. The number of fused-ring (bicyclic) bond motifs is 2. The molecule has 0 aromatic heterocycles. The van der Waals surface area contributed by atoms with Gasteiger partial charge >= 0.3 is 0 Å². The molecule has 1 aliphatic rings. The van der Waals surface area contributed by atoms with E-state index in [2.05, 4.69) is 30.8 Å². The Kier molecular flexibility index (Phi) is 4.18. The van der Waals surface area contributed by atoms with Crippen molar-refractivity contribution < 1.29 is 4.74 Å². The van der Waals surface area contributed by atoms with Gasteiger partial charge in [-0.3, -0.25) is 0 Å². The van der Waals surface area contributed by atoms with Gasteiger partial charge < -0.3 is 4.74 Å². The number of para-hydroxylation sites is 1. The molecule has 0 aliphatic carbocycles. The van der Waals surface area contributed by atoms with Gasteiger partial charge in [-0.05, 0) is 23.6 Å². The summed E-state index contributed by atoms with van der Waals surface area (Å²) in [5.41, 5.74) is 3.31. The van der Waals surface area contributed by atoms with Gasteiger partial charge in [0.05, 0.1) is 12.6 Å². The Morgan fingerprint density at radius 1 is 1.17 bits per heavy atom. The Balaban J connectivity index is 2.20. The van der Waals surface area contributed by atoms with E-state index in [-0.39, 0.29) is 5.70 Å². The van der Waals surface area contributed by atoms with Crippen molar-refractivity contribution in [3.05, 3.63) is 82.3 Å². The molecule has 2 aromatic rings. The number of hydrogen-bond acceptors (Lipinski definition) is 2. The van der Waals surface area contributed by atoms with Crippen LogP contribution in [0.25, 0.3) is 16.5 Å². The van der Waals surface area contributed by atoms with Crippen molar-refractivity contribution in [3.63, 3.8) is 0 Å². The zero-order chi connectivity index (χ0) is 17.1. The maximum Gasteiger partial charge on any atom is 0.270 e. The Labute approximate surface area is 141 Å². The number of hydrogen-bond donors (Lipinski definition) is 0. The van der Waals surface area contributed by atoms with Gasteiger partial charge in [0.15, 0.2) is 0 Å². The molecular weight excluding hydrogens is 296 g/mol. The van der Waals surface area contributed by atoms with Gasteiger partial charge in [-0.2, -0.15) is 0 Å². The van der Waals surface area contributed by atoms with Gasteiger partial charge in [-0.15, -0.1) is 0 Å². The predicted molar refractivity (Wildman–Crippen MR) is 95.1 cm³/mol. The van der Waals surface area contributed by atoms with Gasteiger partial charge in [0.1, 0.15) is 11.5 Å². The molecular formula is C21H16N2O. The Bertz CT molecular complexity index is 921. The Hall–Kier alpha value is -3.30. The summed E-state index contributed by atoms with van der Waals surface area (Å²) in [5, 5.41) is 9.36. The average Bonchev–Trinajstić information content (AvgIpc) is 2.60. The van der Waals surface area contributed by atoms with Crippen LogP contribution < -0.4 is 4.74 Å². The van der Waals surface area contributed by atoms with Crippen LogP contribution in [-0.2, 0) is 0 Å². The maximum absolute atomic E-state index is 9.36. The number of nitriles is 1. The molecule has 3 rings (SSSR count). The number of rotatable bonds is 2. The SMILES string of the molecule is [C-]#[N+]/C(C#N)=C1/c2ccccc2Oc2cc(/C=C/C(C)C)ccc21. The van der Waals surface area contributed by atoms with Crippen molar-refractivity contribution in [2.24, 2.45) is 5.92 Å². The lowest BCUT2D eigenvalue weighted by Gasteiger charge is -2.23. The molecule has 0 saturated carbocycles. The van der Waals surface area contributed by atoms with Crippen LogP contribution in [-0.4, -0.2) is 0 Å². The topological polar surface area (TPSA) is 37.4 Å². The van der Waals surface area contributed by atoms with Crippen molar-refractivity contribution in [3.8, 4) is 17.6 Å². The highest BCUT2D eigenvalue weighted by Gasteiger charge is 2.24. The summed E-state index contributed by atoms with van der Waals surface area (Å²) < 4.78 is 6.01. The van der Waals surface area contributed by atoms with E-state index in [0.29, 0.717) is 23.0 Å². The second-order valence-electron chi connectivity index (χ2n) is 5.90. The average molecular weight is 312 g/mol. The number of ether oxygens (including phenoxy) is 1. The molecule has 0 saturated heterocycles. The van der Waals surface area contributed by atoms with Crippen LogP contribution >= 0.6 is 0 Å². The van der Waals surface area contributed by atoms with Gasteiger partial charge in [0.2, 0.25) is 0 Å². The molecule has 0 radical (unpaired) electrons. The minimum Gasteiger partial charge on any atom is -0.456 e. The Morgan fingerprint density at radius 3 is 2.62 bits per heavy atom. The molecule has 0 fully saturated rings. The van der Waals surface area contributed by atoms with E-state index in [9.17, 15) is 5.26 Å². The van der Waals surface area contributed by atoms with Gasteiger partial charge in [-0.25, -0.2) is 10.1 Å². The summed E-state index contributed by atoms with van der Waals surface area (Å²) in [4.78, 5) is 3.41. The number of allylic oxidation sites excluding steroid dienone is 2. The summed E-state index contributed by atoms with van der Waals surface area (Å²) in [7, 11) is 0. The lowest BCUT2D eigenvalue weighted by molar-refractivity contribution is 0.474. The predicted octanol–water partition coefficient (Wildman–Crippen LogP) is 5.66. The first kappa shape index (κ1) is 15.6. The van der Waals surface area contributed by atoms with Gasteiger partial charge in [0, 0.05) is 16.7 Å². The molecule has 0 bridgehead atoms. The monoisotopic (exact) mass is 312 g/mol. The molecule has 0 spiro atoms. The summed E-state index contributed by atoms with van der Waals surface area (Å²) in [6.45, 7) is 11.6. The van der Waals surface area contributed by atoms with E-state index in [0.717, 1.165) is 16.7 Å². The fraction of sp³-hybridized carbons (Fsp3) is 0.143. The van der Waals surface area contributed by atoms with E-state index in [1.807, 2.05) is 48.5 Å². The fourth-order valence-corrected chi connectivity index (χ4v) is 2.65. The largest absolute Gasteiger partial charge is 0.456 e. The van der Waals surface area contributed by atoms with Gasteiger partial charge in [-0.1, -0.05) is 56.3 Å². The normalized spacial score (nSPS) is 14.4. The van der Waals surface area contributed by atoms with Crippen LogP contribution in [0.5, 0.6) is 11.5 Å². The first-order valence-corrected chi connectivity index (χ1v) is 7.75. The summed E-state index contributed by atoms with van der Waals surface area (Å²) >= 11 is 0. The van der Waals surface area contributed by atoms with Crippen LogP contribution in [0.15, 0.2) is 54.2 Å². The minimum atomic E-state index is 0.0810. The molecule has 1 heterocycles. The lowest BCUT2D eigenvalue weighted by Crippen LogP contribution is -2.04. The minimum absolute atomic E-state index is 0.0810. The van der Waals surface area contributed by atoms with Crippen molar-refractivity contribution in [1.29, 1.82) is 5.26 Å². The summed E-state index contributed by atoms with van der Waals surface area (Å²) in [6.07, 6.45) is 4.17. The summed E-state index contributed by atoms with van der Waals surface area (Å²) in [5.74, 6) is 1.80. The standard InChI is InChI=1S/C21H16N2O/c1-14(2)8-9-15-10-11-17-20(12-15)24-19-7-5-4-6-16(19)21(17)18(13-22)23-3/h4-12,14H,1-2H3/b9-8+,21-18-. The molecule has 3 nitrogen and oxygen atoms in total. The van der Waals surface area contributed by atoms with Crippen molar-refractivity contribution in [2.75, 3.05) is 0 Å². The zero-order valence-corrected chi connectivity index (χ0v) is 13.6. The van der Waals surface area contributed by atoms with Crippen molar-refractivity contribution >= 4 is 11.6 Å². The molecule has 3 heteroatoms. The highest BCUT2D eigenvalue weighted by atomic mass is 16.5. The molecule has 0 N–H and O–H groups in total. The molecule has 116 valence electrons. The van der Waals surface area contributed by atoms with Crippen LogP contribution in [0, 0.1) is 23.8 Å². The van der Waals surface area contributed by atoms with Crippen LogP contribution in [0.2, 0.25) is 0 Å². The van der Waals surface area contributed by atoms with Crippen molar-refractivity contribution in [1.82, 2.24) is 0 Å². The van der Waals surface area contributed by atoms with E-state index < -0.39 is 0 Å². The second kappa shape index (κ2) is 6.44. The maximum atomic E-state index is 9.36. The van der Waals surface area contributed by atoms with Crippen molar-refractivity contribution in [2.45, 2.75) is 13.8 Å². The van der Waals surface area contributed by atoms with E-state index >= 15 is 0 Å². The highest BCUT2D eigenvalue weighted by molar-refractivity contribution is 5.92. The molecule has 2 aromatic carbocycles.